The van der Waals surface area contributed by atoms with E-state index in [2.05, 4.69) is 54.6 Å². The monoisotopic (exact) mass is 288 g/mol. The van der Waals surface area contributed by atoms with Gasteiger partial charge in [-0.1, -0.05) is 66.7 Å². The van der Waals surface area contributed by atoms with E-state index < -0.39 is 0 Å². The lowest BCUT2D eigenvalue weighted by Crippen LogP contribution is -1.96. The molecule has 3 aromatic carbocycles. The van der Waals surface area contributed by atoms with Gasteiger partial charge < -0.3 is 9.47 Å². The number of benzene rings is 3. The molecule has 108 valence electrons. The van der Waals surface area contributed by atoms with E-state index in [-0.39, 0.29) is 0 Å². The third-order valence-electron chi connectivity index (χ3n) is 3.96. The number of ether oxygens (including phenoxy) is 2. The molecule has 0 unspecified atom stereocenters. The van der Waals surface area contributed by atoms with E-state index in [0.717, 1.165) is 17.9 Å². The lowest BCUT2D eigenvalue weighted by atomic mass is 9.94. The van der Waals surface area contributed by atoms with Crippen LogP contribution < -0.4 is 9.47 Å². The van der Waals surface area contributed by atoms with Gasteiger partial charge in [-0.05, 0) is 22.8 Å². The van der Waals surface area contributed by atoms with Gasteiger partial charge in [0.15, 0.2) is 11.5 Å². The molecule has 2 nitrogen and oxygen atoms in total. The molecule has 4 rings (SSSR count). The zero-order valence-electron chi connectivity index (χ0n) is 12.2. The molecular weight excluding hydrogens is 272 g/mol. The SMILES string of the molecule is c1ccc(-c2ccccc2Cc2cccc3c2OCO3)cc1. The molecule has 0 aliphatic carbocycles. The minimum Gasteiger partial charge on any atom is -0.454 e. The van der Waals surface area contributed by atoms with Crippen LogP contribution >= 0.6 is 0 Å². The summed E-state index contributed by atoms with van der Waals surface area (Å²) in [5, 5.41) is 0. The van der Waals surface area contributed by atoms with Crippen LogP contribution in [0, 0.1) is 0 Å². The average Bonchev–Trinajstić information content (AvgIpc) is 3.06. The molecule has 0 atom stereocenters. The molecule has 2 heteroatoms. The molecule has 1 aliphatic rings. The summed E-state index contributed by atoms with van der Waals surface area (Å²) < 4.78 is 11.1. The van der Waals surface area contributed by atoms with E-state index in [0.29, 0.717) is 6.79 Å². The first-order valence-electron chi connectivity index (χ1n) is 7.42. The van der Waals surface area contributed by atoms with Gasteiger partial charge in [0.1, 0.15) is 0 Å². The Morgan fingerprint density at radius 1 is 0.682 bits per heavy atom. The highest BCUT2D eigenvalue weighted by molar-refractivity contribution is 5.68. The van der Waals surface area contributed by atoms with Crippen LogP contribution in [0.4, 0.5) is 0 Å². The van der Waals surface area contributed by atoms with Crippen molar-refractivity contribution in [1.82, 2.24) is 0 Å². The van der Waals surface area contributed by atoms with E-state index in [4.69, 9.17) is 9.47 Å². The number of hydrogen-bond acceptors (Lipinski definition) is 2. The van der Waals surface area contributed by atoms with Crippen molar-refractivity contribution in [2.45, 2.75) is 6.42 Å². The van der Waals surface area contributed by atoms with Gasteiger partial charge in [0.05, 0.1) is 0 Å². The van der Waals surface area contributed by atoms with Crippen LogP contribution in [0.3, 0.4) is 0 Å². The van der Waals surface area contributed by atoms with E-state index in [9.17, 15) is 0 Å². The highest BCUT2D eigenvalue weighted by atomic mass is 16.7. The smallest absolute Gasteiger partial charge is 0.231 e. The zero-order chi connectivity index (χ0) is 14.8. The molecule has 0 radical (unpaired) electrons. The van der Waals surface area contributed by atoms with E-state index >= 15 is 0 Å². The minimum absolute atomic E-state index is 0.312. The Hall–Kier alpha value is -2.74. The fraction of sp³-hybridized carbons (Fsp3) is 0.100. The summed E-state index contributed by atoms with van der Waals surface area (Å²) in [6, 6.07) is 25.1. The molecule has 1 heterocycles. The molecule has 0 saturated carbocycles. The van der Waals surface area contributed by atoms with Gasteiger partial charge in [0.25, 0.3) is 0 Å². The van der Waals surface area contributed by atoms with Crippen molar-refractivity contribution in [3.05, 3.63) is 83.9 Å². The number of rotatable bonds is 3. The van der Waals surface area contributed by atoms with Gasteiger partial charge in [-0.3, -0.25) is 0 Å². The van der Waals surface area contributed by atoms with E-state index in [1.807, 2.05) is 18.2 Å². The molecule has 0 amide bonds. The highest BCUT2D eigenvalue weighted by Crippen LogP contribution is 2.37. The van der Waals surface area contributed by atoms with Crippen LogP contribution in [0.5, 0.6) is 11.5 Å². The third-order valence-corrected chi connectivity index (χ3v) is 3.96. The second kappa shape index (κ2) is 5.57. The van der Waals surface area contributed by atoms with Crippen LogP contribution in [0.1, 0.15) is 11.1 Å². The Bertz CT molecular complexity index is 794. The van der Waals surface area contributed by atoms with Crippen molar-refractivity contribution in [2.24, 2.45) is 0 Å². The van der Waals surface area contributed by atoms with Gasteiger partial charge in [0.2, 0.25) is 6.79 Å². The first-order valence-corrected chi connectivity index (χ1v) is 7.42. The van der Waals surface area contributed by atoms with Gasteiger partial charge in [-0.25, -0.2) is 0 Å². The van der Waals surface area contributed by atoms with E-state index in [1.54, 1.807) is 0 Å². The summed E-state index contributed by atoms with van der Waals surface area (Å²) in [6.45, 7) is 0.312. The van der Waals surface area contributed by atoms with Crippen molar-refractivity contribution in [3.8, 4) is 22.6 Å². The Morgan fingerprint density at radius 2 is 1.45 bits per heavy atom. The fourth-order valence-electron chi connectivity index (χ4n) is 2.91. The second-order valence-corrected chi connectivity index (χ2v) is 5.35. The van der Waals surface area contributed by atoms with Gasteiger partial charge >= 0.3 is 0 Å². The predicted molar refractivity (Wildman–Crippen MR) is 87.2 cm³/mol. The summed E-state index contributed by atoms with van der Waals surface area (Å²) in [6.07, 6.45) is 0.831. The minimum atomic E-state index is 0.312. The summed E-state index contributed by atoms with van der Waals surface area (Å²) in [4.78, 5) is 0. The standard InChI is InChI=1S/C20H16O2/c1-2-7-15(8-3-1)18-11-5-4-9-16(18)13-17-10-6-12-19-20(17)22-14-21-19/h1-12H,13-14H2. The van der Waals surface area contributed by atoms with Crippen molar-refractivity contribution < 1.29 is 9.47 Å². The quantitative estimate of drug-likeness (QED) is 0.697. The molecule has 0 bridgehead atoms. The number of para-hydroxylation sites is 1. The Morgan fingerprint density at radius 3 is 2.36 bits per heavy atom. The molecule has 0 fully saturated rings. The number of fused-ring (bicyclic) bond motifs is 1. The average molecular weight is 288 g/mol. The van der Waals surface area contributed by atoms with Crippen LogP contribution in [0.15, 0.2) is 72.8 Å². The lowest BCUT2D eigenvalue weighted by Gasteiger charge is -2.11. The van der Waals surface area contributed by atoms with Crippen LogP contribution in [-0.2, 0) is 6.42 Å². The second-order valence-electron chi connectivity index (χ2n) is 5.35. The molecular formula is C20H16O2. The van der Waals surface area contributed by atoms with Crippen LogP contribution in [-0.4, -0.2) is 6.79 Å². The first kappa shape index (κ1) is 13.0. The van der Waals surface area contributed by atoms with Crippen molar-refractivity contribution in [1.29, 1.82) is 0 Å². The van der Waals surface area contributed by atoms with Crippen LogP contribution in [0.2, 0.25) is 0 Å². The molecule has 0 spiro atoms. The summed E-state index contributed by atoms with van der Waals surface area (Å²) >= 11 is 0. The summed E-state index contributed by atoms with van der Waals surface area (Å²) in [5.41, 5.74) is 4.96. The largest absolute Gasteiger partial charge is 0.454 e. The van der Waals surface area contributed by atoms with Crippen LogP contribution in [0.25, 0.3) is 11.1 Å². The lowest BCUT2D eigenvalue weighted by molar-refractivity contribution is 0.173. The maximum atomic E-state index is 5.63. The fourth-order valence-corrected chi connectivity index (χ4v) is 2.91. The predicted octanol–water partition coefficient (Wildman–Crippen LogP) is 4.67. The first-order chi connectivity index (χ1) is 10.9. The normalized spacial score (nSPS) is 12.4. The molecule has 3 aromatic rings. The van der Waals surface area contributed by atoms with E-state index in [1.165, 1.54) is 22.3 Å². The third kappa shape index (κ3) is 2.33. The summed E-state index contributed by atoms with van der Waals surface area (Å²) in [7, 11) is 0. The van der Waals surface area contributed by atoms with Gasteiger partial charge in [-0.2, -0.15) is 0 Å². The molecule has 1 aliphatic heterocycles. The Kier molecular flexibility index (Phi) is 3.28. The summed E-state index contributed by atoms with van der Waals surface area (Å²) in [5.74, 6) is 1.72. The Labute approximate surface area is 129 Å². The Balaban J connectivity index is 1.75. The van der Waals surface area contributed by atoms with Crippen molar-refractivity contribution in [2.75, 3.05) is 6.79 Å². The zero-order valence-corrected chi connectivity index (χ0v) is 12.2. The maximum absolute atomic E-state index is 5.63. The maximum Gasteiger partial charge on any atom is 0.231 e. The molecule has 0 N–H and O–H groups in total. The molecule has 0 aromatic heterocycles. The topological polar surface area (TPSA) is 18.5 Å². The molecule has 0 saturated heterocycles. The van der Waals surface area contributed by atoms with Crippen molar-refractivity contribution >= 4 is 0 Å². The van der Waals surface area contributed by atoms with Crippen molar-refractivity contribution in [3.63, 3.8) is 0 Å². The number of hydrogen-bond donors (Lipinski definition) is 0. The highest BCUT2D eigenvalue weighted by Gasteiger charge is 2.18. The molecule has 22 heavy (non-hydrogen) atoms. The van der Waals surface area contributed by atoms with Gasteiger partial charge in [-0.15, -0.1) is 0 Å². The van der Waals surface area contributed by atoms with Gasteiger partial charge in [0, 0.05) is 12.0 Å².